The van der Waals surface area contributed by atoms with Crippen LogP contribution in [0.25, 0.3) is 17.0 Å². The molecule has 0 aliphatic carbocycles. The van der Waals surface area contributed by atoms with E-state index >= 15 is 0 Å². The standard InChI is InChI=1S/C25H30N4O2S2/c1-3-4-5-10-29-24(31)21(33-25(29)32)15-19-14-18-13-16(2)6-7-20(18)27-23(19)28-11-8-17(9-12-28)22(26)30/h6-7,13-15,17H,3-5,8-12H2,1-2H3,(H2,26,30)/b21-15-. The Labute approximate surface area is 204 Å². The van der Waals surface area contributed by atoms with Crippen molar-refractivity contribution in [3.8, 4) is 0 Å². The molecule has 174 valence electrons. The van der Waals surface area contributed by atoms with Crippen LogP contribution in [-0.2, 0) is 9.59 Å². The highest BCUT2D eigenvalue weighted by Crippen LogP contribution is 2.36. The van der Waals surface area contributed by atoms with Crippen LogP contribution in [0.2, 0.25) is 0 Å². The number of carbonyl (C=O) groups excluding carboxylic acids is 2. The Bertz CT molecular complexity index is 1120. The molecule has 2 amide bonds. The zero-order valence-electron chi connectivity index (χ0n) is 19.2. The van der Waals surface area contributed by atoms with Gasteiger partial charge in [0.2, 0.25) is 5.91 Å². The zero-order chi connectivity index (χ0) is 23.5. The molecule has 33 heavy (non-hydrogen) atoms. The SMILES string of the molecule is CCCCCN1C(=O)/C(=C/c2cc3cc(C)ccc3nc2N2CCC(C(N)=O)CC2)SC1=S. The van der Waals surface area contributed by atoms with E-state index in [9.17, 15) is 9.59 Å². The van der Waals surface area contributed by atoms with Gasteiger partial charge in [-0.15, -0.1) is 0 Å². The van der Waals surface area contributed by atoms with Crippen LogP contribution in [-0.4, -0.2) is 45.7 Å². The van der Waals surface area contributed by atoms with Crippen LogP contribution in [0.4, 0.5) is 5.82 Å². The van der Waals surface area contributed by atoms with Gasteiger partial charge in [0.1, 0.15) is 10.1 Å². The maximum atomic E-state index is 13.1. The van der Waals surface area contributed by atoms with Crippen LogP contribution in [0, 0.1) is 12.8 Å². The average molecular weight is 483 g/mol. The van der Waals surface area contributed by atoms with Crippen molar-refractivity contribution in [2.75, 3.05) is 24.5 Å². The molecule has 3 heterocycles. The predicted molar refractivity (Wildman–Crippen MR) is 140 cm³/mol. The minimum Gasteiger partial charge on any atom is -0.369 e. The Kier molecular flexibility index (Phi) is 7.34. The number of thioether (sulfide) groups is 1. The number of piperidine rings is 1. The molecule has 2 aliphatic heterocycles. The molecule has 0 radical (unpaired) electrons. The number of unbranched alkanes of at least 4 members (excludes halogenated alkanes) is 2. The Morgan fingerprint density at radius 2 is 2.03 bits per heavy atom. The van der Waals surface area contributed by atoms with E-state index in [1.54, 1.807) is 4.90 Å². The number of aryl methyl sites for hydroxylation is 1. The van der Waals surface area contributed by atoms with Crippen LogP contribution in [0.5, 0.6) is 0 Å². The second kappa shape index (κ2) is 10.2. The van der Waals surface area contributed by atoms with Gasteiger partial charge in [0.05, 0.1) is 10.4 Å². The summed E-state index contributed by atoms with van der Waals surface area (Å²) in [6.45, 7) is 6.28. The quantitative estimate of drug-likeness (QED) is 0.352. The number of carbonyl (C=O) groups is 2. The summed E-state index contributed by atoms with van der Waals surface area (Å²) < 4.78 is 0.621. The summed E-state index contributed by atoms with van der Waals surface area (Å²) >= 11 is 6.87. The molecule has 1 aromatic heterocycles. The maximum Gasteiger partial charge on any atom is 0.266 e. The third kappa shape index (κ3) is 5.22. The van der Waals surface area contributed by atoms with Crippen LogP contribution in [0.1, 0.15) is 50.2 Å². The topological polar surface area (TPSA) is 79.5 Å². The zero-order valence-corrected chi connectivity index (χ0v) is 20.8. The predicted octanol–water partition coefficient (Wildman–Crippen LogP) is 4.64. The first-order chi connectivity index (χ1) is 15.9. The molecule has 2 fully saturated rings. The van der Waals surface area contributed by atoms with Gasteiger partial charge in [-0.3, -0.25) is 14.5 Å². The normalized spacial score (nSPS) is 18.7. The minimum absolute atomic E-state index is 0.0242. The van der Waals surface area contributed by atoms with Crippen LogP contribution in [0.15, 0.2) is 29.2 Å². The molecule has 4 rings (SSSR count). The first-order valence-electron chi connectivity index (χ1n) is 11.6. The molecule has 0 spiro atoms. The van der Waals surface area contributed by atoms with E-state index in [2.05, 4.69) is 36.9 Å². The van der Waals surface area contributed by atoms with Crippen molar-refractivity contribution in [1.29, 1.82) is 0 Å². The van der Waals surface area contributed by atoms with Crippen molar-refractivity contribution in [2.45, 2.75) is 46.0 Å². The van der Waals surface area contributed by atoms with Gasteiger partial charge in [0, 0.05) is 36.5 Å². The highest BCUT2D eigenvalue weighted by molar-refractivity contribution is 8.26. The van der Waals surface area contributed by atoms with E-state index in [1.165, 1.54) is 11.8 Å². The molecule has 1 aromatic carbocycles. The van der Waals surface area contributed by atoms with Gasteiger partial charge in [0.15, 0.2) is 0 Å². The minimum atomic E-state index is -0.233. The summed E-state index contributed by atoms with van der Waals surface area (Å²) in [6, 6.07) is 8.30. The molecule has 2 saturated heterocycles. The second-order valence-electron chi connectivity index (χ2n) is 8.80. The average Bonchev–Trinajstić information content (AvgIpc) is 3.06. The molecular formula is C25H30N4O2S2. The van der Waals surface area contributed by atoms with Crippen LogP contribution < -0.4 is 10.6 Å². The van der Waals surface area contributed by atoms with Gasteiger partial charge in [-0.2, -0.15) is 0 Å². The van der Waals surface area contributed by atoms with Crippen molar-refractivity contribution in [3.05, 3.63) is 40.3 Å². The monoisotopic (exact) mass is 482 g/mol. The fourth-order valence-corrected chi connectivity index (χ4v) is 5.69. The van der Waals surface area contributed by atoms with E-state index in [-0.39, 0.29) is 17.7 Å². The third-order valence-corrected chi connectivity index (χ3v) is 7.70. The van der Waals surface area contributed by atoms with Gasteiger partial charge < -0.3 is 10.6 Å². The highest BCUT2D eigenvalue weighted by Gasteiger charge is 2.32. The summed E-state index contributed by atoms with van der Waals surface area (Å²) in [5.74, 6) is 0.491. The summed E-state index contributed by atoms with van der Waals surface area (Å²) in [6.07, 6.45) is 6.48. The number of nitrogens with zero attached hydrogens (tertiary/aromatic N) is 3. The summed E-state index contributed by atoms with van der Waals surface area (Å²) in [5, 5.41) is 1.04. The molecule has 2 N–H and O–H groups in total. The first-order valence-corrected chi connectivity index (χ1v) is 12.8. The number of hydrogen-bond donors (Lipinski definition) is 1. The largest absolute Gasteiger partial charge is 0.369 e. The van der Waals surface area contributed by atoms with E-state index in [4.69, 9.17) is 22.9 Å². The van der Waals surface area contributed by atoms with Gasteiger partial charge in [-0.1, -0.05) is 55.4 Å². The number of pyridine rings is 1. The van der Waals surface area contributed by atoms with Gasteiger partial charge in [0.25, 0.3) is 5.91 Å². The number of primary amides is 1. The van der Waals surface area contributed by atoms with Crippen LogP contribution >= 0.6 is 24.0 Å². The Morgan fingerprint density at radius 3 is 2.73 bits per heavy atom. The number of nitrogens with two attached hydrogens (primary N) is 1. The lowest BCUT2D eigenvalue weighted by Crippen LogP contribution is -2.39. The number of aromatic nitrogens is 1. The Balaban J connectivity index is 1.68. The molecule has 2 aliphatic rings. The summed E-state index contributed by atoms with van der Waals surface area (Å²) in [4.78, 5) is 34.2. The van der Waals surface area contributed by atoms with Crippen molar-refractivity contribution >= 4 is 62.9 Å². The van der Waals surface area contributed by atoms with Gasteiger partial charge in [-0.05, 0) is 50.5 Å². The number of amides is 2. The molecule has 6 nitrogen and oxygen atoms in total. The van der Waals surface area contributed by atoms with E-state index in [1.807, 2.05) is 12.1 Å². The van der Waals surface area contributed by atoms with E-state index in [0.717, 1.165) is 47.1 Å². The molecule has 0 unspecified atom stereocenters. The molecule has 2 aromatic rings. The lowest BCUT2D eigenvalue weighted by molar-refractivity contribution is -0.123. The van der Waals surface area contributed by atoms with Gasteiger partial charge in [-0.25, -0.2) is 4.98 Å². The number of anilines is 1. The first kappa shape index (κ1) is 23.7. The van der Waals surface area contributed by atoms with Crippen molar-refractivity contribution in [1.82, 2.24) is 9.88 Å². The van der Waals surface area contributed by atoms with Gasteiger partial charge >= 0.3 is 0 Å². The van der Waals surface area contributed by atoms with E-state index < -0.39 is 0 Å². The Morgan fingerprint density at radius 1 is 1.27 bits per heavy atom. The molecule has 0 bridgehead atoms. The maximum absolute atomic E-state index is 13.1. The smallest absolute Gasteiger partial charge is 0.266 e. The second-order valence-corrected chi connectivity index (χ2v) is 10.5. The van der Waals surface area contributed by atoms with Crippen LogP contribution in [0.3, 0.4) is 0 Å². The lowest BCUT2D eigenvalue weighted by Gasteiger charge is -2.32. The molecule has 0 saturated carbocycles. The number of benzene rings is 1. The number of thiocarbonyl (C=S) groups is 1. The third-order valence-electron chi connectivity index (χ3n) is 6.32. The summed E-state index contributed by atoms with van der Waals surface area (Å²) in [5.41, 5.74) is 8.50. The van der Waals surface area contributed by atoms with Crippen molar-refractivity contribution in [3.63, 3.8) is 0 Å². The number of fused-ring (bicyclic) bond motifs is 1. The fraction of sp³-hybridized carbons (Fsp3) is 0.440. The molecular weight excluding hydrogens is 452 g/mol. The Hall–Kier alpha value is -2.45. The fourth-order valence-electron chi connectivity index (χ4n) is 4.39. The highest BCUT2D eigenvalue weighted by atomic mass is 32.2. The van der Waals surface area contributed by atoms with Crippen molar-refractivity contribution < 1.29 is 9.59 Å². The number of hydrogen-bond acceptors (Lipinski definition) is 6. The lowest BCUT2D eigenvalue weighted by atomic mass is 9.96. The summed E-state index contributed by atoms with van der Waals surface area (Å²) in [7, 11) is 0. The molecule has 0 atom stereocenters. The van der Waals surface area contributed by atoms with Crippen molar-refractivity contribution in [2.24, 2.45) is 11.7 Å². The van der Waals surface area contributed by atoms with E-state index in [0.29, 0.717) is 41.7 Å². The molecule has 8 heteroatoms. The number of rotatable bonds is 7.